The van der Waals surface area contributed by atoms with Crippen LogP contribution in [0, 0.1) is 0 Å². The second-order valence-electron chi connectivity index (χ2n) is 0.762. The van der Waals surface area contributed by atoms with E-state index in [9.17, 15) is 4.79 Å². The van der Waals surface area contributed by atoms with Crippen LogP contribution >= 0.6 is 0 Å². The minimum absolute atomic E-state index is 0.448. The van der Waals surface area contributed by atoms with Crippen molar-refractivity contribution in [2.75, 3.05) is 6.44 Å². The van der Waals surface area contributed by atoms with Gasteiger partial charge in [-0.15, -0.1) is 0 Å². The van der Waals surface area contributed by atoms with E-state index in [1.807, 2.05) is 0 Å². The lowest BCUT2D eigenvalue weighted by atomic mass is 9.56. The van der Waals surface area contributed by atoms with Crippen molar-refractivity contribution in [1.29, 1.82) is 0 Å². The molecule has 0 unspecified atom stereocenters. The molecule has 0 aliphatic heterocycles. The average molecular weight is 79.7 g/mol. The lowest BCUT2D eigenvalue weighted by molar-refractivity contribution is -0.109. The number of hydrogen-bond donors (Lipinski definition) is 1. The summed E-state index contributed by atoms with van der Waals surface area (Å²) in [5, 5.41) is 2.34. The zero-order valence-corrected chi connectivity index (χ0v) is 3.35. The molecule has 6 heavy (non-hydrogen) atoms. The van der Waals surface area contributed by atoms with E-state index in [0.29, 0.717) is 12.9 Å². The highest BCUT2D eigenvalue weighted by molar-refractivity contribution is 6.89. The number of carbonyl (C=O) groups is 1. The van der Waals surface area contributed by atoms with Crippen molar-refractivity contribution in [2.24, 2.45) is 0 Å². The summed E-state index contributed by atoms with van der Waals surface area (Å²) < 4.78 is 0. The summed E-state index contributed by atoms with van der Waals surface area (Å²) in [5.41, 5.74) is 0. The van der Waals surface area contributed by atoms with E-state index >= 15 is 0 Å². The molecular weight excluding hydrogens is 75.7 g/mol. The Kier molecular flexibility index (Phi) is 4.29. The molecule has 0 atom stereocenters. The van der Waals surface area contributed by atoms with Crippen LogP contribution in [-0.4, -0.2) is 27.8 Å². The first kappa shape index (κ1) is 5.60. The van der Waals surface area contributed by atoms with Gasteiger partial charge in [-0.25, -0.2) is 0 Å². The van der Waals surface area contributed by atoms with E-state index < -0.39 is 0 Å². The number of amides is 1. The van der Waals surface area contributed by atoms with Crippen molar-refractivity contribution in [3.8, 4) is 0 Å². The highest BCUT2D eigenvalue weighted by Gasteiger charge is 1.72. The molecule has 0 rings (SSSR count). The molecule has 0 saturated carbocycles. The summed E-state index contributed by atoms with van der Waals surface area (Å²) in [4.78, 5) is 9.38. The van der Waals surface area contributed by atoms with Crippen LogP contribution in [0.15, 0.2) is 0 Å². The SMILES string of the molecule is [B][B]CNC=O. The van der Waals surface area contributed by atoms with Crippen molar-refractivity contribution < 1.29 is 4.79 Å². The summed E-state index contributed by atoms with van der Waals surface area (Å²) in [5.74, 6) is 0. The standard InChI is InChI=1S/C2H4B2NO/c3-4-1-5-2-6/h2H,1H2,(H,5,6). The molecule has 0 fully saturated rings. The molecule has 0 aromatic rings. The molecule has 4 heteroatoms. The first-order valence-corrected chi connectivity index (χ1v) is 1.62. The van der Waals surface area contributed by atoms with Crippen LogP contribution in [0.5, 0.6) is 0 Å². The van der Waals surface area contributed by atoms with Gasteiger partial charge in [0.2, 0.25) is 6.41 Å². The molecular formula is C2H4B2NO. The monoisotopic (exact) mass is 80.0 g/mol. The maximum atomic E-state index is 9.38. The topological polar surface area (TPSA) is 29.1 Å². The molecule has 0 bridgehead atoms. The Balaban J connectivity index is 2.49. The molecule has 0 spiro atoms. The molecule has 0 aliphatic rings. The fraction of sp³-hybridized carbons (Fsp3) is 0.500. The molecule has 0 aliphatic carbocycles. The molecule has 29 valence electrons. The van der Waals surface area contributed by atoms with Gasteiger partial charge in [0.1, 0.15) is 0 Å². The zero-order valence-electron chi connectivity index (χ0n) is 3.35. The lowest BCUT2D eigenvalue weighted by Crippen LogP contribution is -2.17. The third-order valence-corrected chi connectivity index (χ3v) is 0.319. The van der Waals surface area contributed by atoms with Crippen molar-refractivity contribution in [1.82, 2.24) is 5.32 Å². The lowest BCUT2D eigenvalue weighted by Gasteiger charge is -1.85. The second-order valence-corrected chi connectivity index (χ2v) is 0.762. The first-order valence-electron chi connectivity index (χ1n) is 1.62. The Morgan fingerprint density at radius 3 is 2.83 bits per heavy atom. The second kappa shape index (κ2) is 4.60. The summed E-state index contributed by atoms with van der Waals surface area (Å²) in [6.45, 7) is 0. The van der Waals surface area contributed by atoms with Gasteiger partial charge >= 0.3 is 0 Å². The molecule has 0 aromatic heterocycles. The van der Waals surface area contributed by atoms with Crippen LogP contribution in [0.1, 0.15) is 0 Å². The van der Waals surface area contributed by atoms with Gasteiger partial charge in [0.15, 0.2) is 0 Å². The Labute approximate surface area is 38.9 Å². The maximum Gasteiger partial charge on any atom is 0.206 e. The van der Waals surface area contributed by atoms with Gasteiger partial charge in [-0.2, -0.15) is 0 Å². The van der Waals surface area contributed by atoms with Crippen LogP contribution in [0.2, 0.25) is 0 Å². The molecule has 2 nitrogen and oxygen atoms in total. The van der Waals surface area contributed by atoms with Gasteiger partial charge in [0.25, 0.3) is 0 Å². The minimum atomic E-state index is 0.448. The van der Waals surface area contributed by atoms with E-state index in [0.717, 1.165) is 0 Å². The van der Waals surface area contributed by atoms with Crippen LogP contribution in [0.25, 0.3) is 0 Å². The Bertz CT molecular complexity index is 40.5. The van der Waals surface area contributed by atoms with Gasteiger partial charge in [0.05, 0.1) is 7.17 Å². The molecule has 1 N–H and O–H groups in total. The van der Waals surface area contributed by atoms with Crippen molar-refractivity contribution in [2.45, 2.75) is 0 Å². The van der Waals surface area contributed by atoms with Gasteiger partial charge in [0, 0.05) is 7.74 Å². The summed E-state index contributed by atoms with van der Waals surface area (Å²) in [6, 6.07) is 0. The van der Waals surface area contributed by atoms with Crippen LogP contribution in [0.3, 0.4) is 0 Å². The first-order chi connectivity index (χ1) is 2.91. The molecule has 1 amide bonds. The Morgan fingerprint density at radius 2 is 2.67 bits per heavy atom. The fourth-order valence-electron chi connectivity index (χ4n) is 0.116. The Hall–Kier alpha value is -0.400. The summed E-state index contributed by atoms with van der Waals surface area (Å²) >= 11 is 0. The van der Waals surface area contributed by atoms with Gasteiger partial charge < -0.3 is 5.32 Å². The molecule has 3 radical (unpaired) electrons. The Morgan fingerprint density at radius 1 is 2.00 bits per heavy atom. The number of hydrogen-bond acceptors (Lipinski definition) is 1. The van der Waals surface area contributed by atoms with Crippen molar-refractivity contribution >= 4 is 21.3 Å². The largest absolute Gasteiger partial charge is 0.368 e. The highest BCUT2D eigenvalue weighted by atomic mass is 16.1. The highest BCUT2D eigenvalue weighted by Crippen LogP contribution is 1.38. The average Bonchev–Trinajstić information content (AvgIpc) is 1.61. The quantitative estimate of drug-likeness (QED) is 0.249. The van der Waals surface area contributed by atoms with Crippen LogP contribution < -0.4 is 5.32 Å². The van der Waals surface area contributed by atoms with Gasteiger partial charge in [-0.05, 0) is 6.44 Å². The van der Waals surface area contributed by atoms with E-state index in [1.165, 1.54) is 7.17 Å². The number of carbonyl (C=O) groups excluding carboxylic acids is 1. The van der Waals surface area contributed by atoms with Crippen molar-refractivity contribution in [3.05, 3.63) is 0 Å². The molecule has 0 aromatic carbocycles. The predicted molar refractivity (Wildman–Crippen MR) is 25.6 cm³/mol. The van der Waals surface area contributed by atoms with Crippen LogP contribution in [-0.2, 0) is 4.79 Å². The number of nitrogens with one attached hydrogen (secondary N) is 1. The van der Waals surface area contributed by atoms with E-state index in [1.54, 1.807) is 0 Å². The predicted octanol–water partition coefficient (Wildman–Crippen LogP) is -1.52. The maximum absolute atomic E-state index is 9.38. The van der Waals surface area contributed by atoms with E-state index in [4.69, 9.17) is 7.74 Å². The summed E-state index contributed by atoms with van der Waals surface area (Å²) in [6.07, 6.45) is 1.05. The zero-order chi connectivity index (χ0) is 4.83. The minimum Gasteiger partial charge on any atom is -0.368 e. The third-order valence-electron chi connectivity index (χ3n) is 0.319. The van der Waals surface area contributed by atoms with Crippen LogP contribution in [0.4, 0.5) is 0 Å². The van der Waals surface area contributed by atoms with Gasteiger partial charge in [-0.1, -0.05) is 0 Å². The van der Waals surface area contributed by atoms with Gasteiger partial charge in [-0.3, -0.25) is 4.79 Å². The van der Waals surface area contributed by atoms with E-state index in [2.05, 4.69) is 5.32 Å². The summed E-state index contributed by atoms with van der Waals surface area (Å²) in [7, 11) is 6.24. The third kappa shape index (κ3) is 3.60. The molecule has 0 heterocycles. The fourth-order valence-corrected chi connectivity index (χ4v) is 0.116. The molecule has 0 saturated heterocycles. The number of rotatable bonds is 3. The van der Waals surface area contributed by atoms with E-state index in [-0.39, 0.29) is 0 Å². The normalized spacial score (nSPS) is 6.67. The van der Waals surface area contributed by atoms with Crippen molar-refractivity contribution in [3.63, 3.8) is 0 Å². The smallest absolute Gasteiger partial charge is 0.206 e.